The van der Waals surface area contributed by atoms with Crippen molar-refractivity contribution in [3.8, 4) is 0 Å². The molecule has 1 unspecified atom stereocenters. The van der Waals surface area contributed by atoms with E-state index < -0.39 is 21.7 Å². The van der Waals surface area contributed by atoms with Crippen LogP contribution < -0.4 is 4.72 Å². The van der Waals surface area contributed by atoms with Gasteiger partial charge in [0.05, 0.1) is 4.90 Å². The summed E-state index contributed by atoms with van der Waals surface area (Å²) in [5, 5.41) is 0. The van der Waals surface area contributed by atoms with E-state index in [1.165, 1.54) is 0 Å². The lowest BCUT2D eigenvalue weighted by Gasteiger charge is -2.14. The molecule has 0 aliphatic rings. The highest BCUT2D eigenvalue weighted by molar-refractivity contribution is 7.89. The zero-order chi connectivity index (χ0) is 15.2. The van der Waals surface area contributed by atoms with Crippen LogP contribution in [0.25, 0.3) is 0 Å². The summed E-state index contributed by atoms with van der Waals surface area (Å²) in [5.41, 5.74) is 0. The average Bonchev–Trinajstić information content (AvgIpc) is 2.37. The molecule has 1 aromatic carbocycles. The predicted molar refractivity (Wildman–Crippen MR) is 74.9 cm³/mol. The van der Waals surface area contributed by atoms with Crippen molar-refractivity contribution in [2.24, 2.45) is 0 Å². The van der Waals surface area contributed by atoms with Crippen LogP contribution in [0.2, 0.25) is 0 Å². The summed E-state index contributed by atoms with van der Waals surface area (Å²) >= 11 is 0. The summed E-state index contributed by atoms with van der Waals surface area (Å²) in [5.74, 6) is -2.22. The maximum atomic E-state index is 13.1. The molecule has 0 amide bonds. The van der Waals surface area contributed by atoms with Gasteiger partial charge < -0.3 is 0 Å². The fourth-order valence-corrected chi connectivity index (χ4v) is 3.20. The van der Waals surface area contributed by atoms with Crippen molar-refractivity contribution in [3.05, 3.63) is 29.8 Å². The van der Waals surface area contributed by atoms with Crippen LogP contribution in [0.1, 0.15) is 46.0 Å². The maximum absolute atomic E-state index is 13.1. The largest absolute Gasteiger partial charge is 0.240 e. The standard InChI is InChI=1S/C14H21F2NO2S/c1-3-4-5-6-7-11(2)17-20(18,19)12-8-9-13(15)14(16)10-12/h8-11,17H,3-7H2,1-2H3. The topological polar surface area (TPSA) is 46.2 Å². The first-order chi connectivity index (χ1) is 9.36. The summed E-state index contributed by atoms with van der Waals surface area (Å²) in [7, 11) is -3.80. The van der Waals surface area contributed by atoms with Gasteiger partial charge in [0.15, 0.2) is 11.6 Å². The predicted octanol–water partition coefficient (Wildman–Crippen LogP) is 3.60. The maximum Gasteiger partial charge on any atom is 0.240 e. The van der Waals surface area contributed by atoms with Crippen LogP contribution in [0.4, 0.5) is 8.78 Å². The van der Waals surface area contributed by atoms with E-state index in [9.17, 15) is 17.2 Å². The van der Waals surface area contributed by atoms with Gasteiger partial charge in [0.2, 0.25) is 10.0 Å². The monoisotopic (exact) mass is 305 g/mol. The third kappa shape index (κ3) is 5.17. The molecule has 0 heterocycles. The Balaban J connectivity index is 2.62. The van der Waals surface area contributed by atoms with Gasteiger partial charge in [-0.25, -0.2) is 21.9 Å². The van der Waals surface area contributed by atoms with Crippen molar-refractivity contribution < 1.29 is 17.2 Å². The molecule has 0 spiro atoms. The number of sulfonamides is 1. The van der Waals surface area contributed by atoms with Crippen molar-refractivity contribution in [2.75, 3.05) is 0 Å². The molecule has 1 rings (SSSR count). The molecule has 0 saturated heterocycles. The molecule has 20 heavy (non-hydrogen) atoms. The lowest BCUT2D eigenvalue weighted by atomic mass is 10.1. The second-order valence-corrected chi connectivity index (χ2v) is 6.66. The van der Waals surface area contributed by atoms with Crippen molar-refractivity contribution in [2.45, 2.75) is 56.9 Å². The molecule has 0 aromatic heterocycles. The number of benzene rings is 1. The number of unbranched alkanes of at least 4 members (excludes halogenated alkanes) is 3. The molecular formula is C14H21F2NO2S. The number of hydrogen-bond acceptors (Lipinski definition) is 2. The zero-order valence-corrected chi connectivity index (χ0v) is 12.6. The molecule has 114 valence electrons. The molecule has 0 aliphatic carbocycles. The van der Waals surface area contributed by atoms with Crippen molar-refractivity contribution >= 4 is 10.0 Å². The van der Waals surface area contributed by atoms with Gasteiger partial charge in [-0.3, -0.25) is 0 Å². The van der Waals surface area contributed by atoms with E-state index in [0.29, 0.717) is 6.07 Å². The van der Waals surface area contributed by atoms with Gasteiger partial charge in [0, 0.05) is 6.04 Å². The first kappa shape index (κ1) is 17.0. The van der Waals surface area contributed by atoms with E-state index in [-0.39, 0.29) is 10.9 Å². The zero-order valence-electron chi connectivity index (χ0n) is 11.8. The van der Waals surface area contributed by atoms with Gasteiger partial charge in [-0.05, 0) is 31.5 Å². The second-order valence-electron chi connectivity index (χ2n) is 4.95. The lowest BCUT2D eigenvalue weighted by molar-refractivity contribution is 0.501. The van der Waals surface area contributed by atoms with Crippen LogP contribution in [-0.2, 0) is 10.0 Å². The van der Waals surface area contributed by atoms with E-state index in [4.69, 9.17) is 0 Å². The Morgan fingerprint density at radius 2 is 1.85 bits per heavy atom. The third-order valence-electron chi connectivity index (χ3n) is 3.05. The van der Waals surface area contributed by atoms with Gasteiger partial charge in [0.25, 0.3) is 0 Å². The van der Waals surface area contributed by atoms with Crippen LogP contribution in [0.5, 0.6) is 0 Å². The molecule has 0 aliphatic heterocycles. The molecule has 1 N–H and O–H groups in total. The van der Waals surface area contributed by atoms with Crippen molar-refractivity contribution in [1.29, 1.82) is 0 Å². The Kier molecular flexibility index (Phi) is 6.55. The summed E-state index contributed by atoms with van der Waals surface area (Å²) in [4.78, 5) is -0.253. The molecule has 0 fully saturated rings. The highest BCUT2D eigenvalue weighted by Crippen LogP contribution is 2.15. The van der Waals surface area contributed by atoms with E-state index in [1.54, 1.807) is 6.92 Å². The summed E-state index contributed by atoms with van der Waals surface area (Å²) in [6, 6.07) is 2.34. The van der Waals surface area contributed by atoms with Crippen LogP contribution >= 0.6 is 0 Å². The summed E-state index contributed by atoms with van der Waals surface area (Å²) < 4.78 is 52.3. The molecule has 0 bridgehead atoms. The van der Waals surface area contributed by atoms with Gasteiger partial charge in [-0.1, -0.05) is 32.6 Å². The summed E-state index contributed by atoms with van der Waals surface area (Å²) in [6.07, 6.45) is 4.98. The Hall–Kier alpha value is -1.01. The Bertz CT molecular complexity index is 532. The number of hydrogen-bond donors (Lipinski definition) is 1. The Morgan fingerprint density at radius 1 is 1.15 bits per heavy atom. The second kappa shape index (κ2) is 7.69. The first-order valence-corrected chi connectivity index (χ1v) is 8.32. The smallest absolute Gasteiger partial charge is 0.208 e. The fourth-order valence-electron chi connectivity index (χ4n) is 1.91. The molecule has 1 aromatic rings. The van der Waals surface area contributed by atoms with Crippen LogP contribution in [0.3, 0.4) is 0 Å². The lowest BCUT2D eigenvalue weighted by Crippen LogP contribution is -2.32. The van der Waals surface area contributed by atoms with E-state index in [1.807, 2.05) is 0 Å². The van der Waals surface area contributed by atoms with E-state index in [0.717, 1.165) is 44.2 Å². The van der Waals surface area contributed by atoms with Gasteiger partial charge in [-0.2, -0.15) is 0 Å². The van der Waals surface area contributed by atoms with Gasteiger partial charge >= 0.3 is 0 Å². The van der Waals surface area contributed by atoms with Crippen molar-refractivity contribution in [1.82, 2.24) is 4.72 Å². The third-order valence-corrected chi connectivity index (χ3v) is 4.64. The molecule has 0 saturated carbocycles. The summed E-state index contributed by atoms with van der Waals surface area (Å²) in [6.45, 7) is 3.87. The molecular weight excluding hydrogens is 284 g/mol. The minimum Gasteiger partial charge on any atom is -0.208 e. The highest BCUT2D eigenvalue weighted by atomic mass is 32.2. The number of nitrogens with one attached hydrogen (secondary N) is 1. The van der Waals surface area contributed by atoms with Gasteiger partial charge in [0.1, 0.15) is 0 Å². The van der Waals surface area contributed by atoms with Crippen LogP contribution in [-0.4, -0.2) is 14.5 Å². The Labute approximate surface area is 119 Å². The molecule has 3 nitrogen and oxygen atoms in total. The molecule has 1 atom stereocenters. The first-order valence-electron chi connectivity index (χ1n) is 6.84. The number of rotatable bonds is 8. The van der Waals surface area contributed by atoms with Crippen molar-refractivity contribution in [3.63, 3.8) is 0 Å². The molecule has 0 radical (unpaired) electrons. The molecule has 6 heteroatoms. The average molecular weight is 305 g/mol. The van der Waals surface area contributed by atoms with E-state index in [2.05, 4.69) is 11.6 Å². The fraction of sp³-hybridized carbons (Fsp3) is 0.571. The van der Waals surface area contributed by atoms with Crippen LogP contribution in [0.15, 0.2) is 23.1 Å². The normalized spacial score (nSPS) is 13.4. The number of halogens is 2. The quantitative estimate of drug-likeness (QED) is 0.746. The minimum atomic E-state index is -3.80. The minimum absolute atomic E-state index is 0.232. The van der Waals surface area contributed by atoms with E-state index >= 15 is 0 Å². The highest BCUT2D eigenvalue weighted by Gasteiger charge is 2.18. The van der Waals surface area contributed by atoms with Crippen LogP contribution in [0, 0.1) is 11.6 Å². The Morgan fingerprint density at radius 3 is 2.45 bits per heavy atom. The van der Waals surface area contributed by atoms with Gasteiger partial charge in [-0.15, -0.1) is 0 Å². The SMILES string of the molecule is CCCCCCC(C)NS(=O)(=O)c1ccc(F)c(F)c1.